The monoisotopic (exact) mass is 246 g/mol. The molecule has 0 aliphatic rings. The molecule has 0 radical (unpaired) electrons. The molecular formula is C12H18N6. The van der Waals surface area contributed by atoms with Crippen LogP contribution in [0.4, 0.5) is 11.8 Å². The average molecular weight is 246 g/mol. The van der Waals surface area contributed by atoms with Crippen LogP contribution in [0.2, 0.25) is 0 Å². The van der Waals surface area contributed by atoms with Crippen LogP contribution < -0.4 is 10.6 Å². The number of imidazole rings is 1. The predicted molar refractivity (Wildman–Crippen MR) is 71.5 cm³/mol. The number of hydrogen-bond acceptors (Lipinski definition) is 5. The fourth-order valence-electron chi connectivity index (χ4n) is 1.60. The standard InChI is InChI=1S/C12H18N6/c1-2-14-12-16-6-4-11(17-12)15-5-3-8-18-9-7-13-10-18/h4,6-7,9-10H,2-3,5,8H2,1H3,(H2,14,15,16,17). The molecule has 96 valence electrons. The van der Waals surface area contributed by atoms with Crippen LogP contribution in [0.1, 0.15) is 13.3 Å². The maximum atomic E-state index is 4.34. The van der Waals surface area contributed by atoms with Gasteiger partial charge in [-0.15, -0.1) is 0 Å². The third kappa shape index (κ3) is 3.73. The summed E-state index contributed by atoms with van der Waals surface area (Å²) >= 11 is 0. The largest absolute Gasteiger partial charge is 0.370 e. The van der Waals surface area contributed by atoms with E-state index in [2.05, 4.69) is 30.2 Å². The van der Waals surface area contributed by atoms with Crippen LogP contribution in [0.3, 0.4) is 0 Å². The lowest BCUT2D eigenvalue weighted by Crippen LogP contribution is -2.09. The normalized spacial score (nSPS) is 10.3. The SMILES string of the molecule is CCNc1nccc(NCCCn2ccnc2)n1. The van der Waals surface area contributed by atoms with Crippen molar-refractivity contribution in [3.8, 4) is 0 Å². The Morgan fingerprint density at radius 3 is 3.00 bits per heavy atom. The summed E-state index contributed by atoms with van der Waals surface area (Å²) in [5.41, 5.74) is 0. The first kappa shape index (κ1) is 12.3. The van der Waals surface area contributed by atoms with E-state index in [-0.39, 0.29) is 0 Å². The van der Waals surface area contributed by atoms with E-state index in [0.717, 1.165) is 31.9 Å². The van der Waals surface area contributed by atoms with E-state index >= 15 is 0 Å². The van der Waals surface area contributed by atoms with Gasteiger partial charge in [-0.05, 0) is 19.4 Å². The number of aryl methyl sites for hydroxylation is 1. The summed E-state index contributed by atoms with van der Waals surface area (Å²) in [5, 5.41) is 6.37. The van der Waals surface area contributed by atoms with E-state index in [1.54, 1.807) is 12.4 Å². The van der Waals surface area contributed by atoms with Gasteiger partial charge in [-0.1, -0.05) is 0 Å². The molecule has 0 fully saturated rings. The third-order valence-electron chi connectivity index (χ3n) is 2.45. The fraction of sp³-hybridized carbons (Fsp3) is 0.417. The quantitative estimate of drug-likeness (QED) is 0.726. The Balaban J connectivity index is 1.74. The molecule has 2 heterocycles. The Bertz CT molecular complexity index is 453. The van der Waals surface area contributed by atoms with Crippen molar-refractivity contribution in [3.05, 3.63) is 31.0 Å². The molecule has 0 bridgehead atoms. The fourth-order valence-corrected chi connectivity index (χ4v) is 1.60. The number of nitrogens with zero attached hydrogens (tertiary/aromatic N) is 4. The number of hydrogen-bond donors (Lipinski definition) is 2. The van der Waals surface area contributed by atoms with Gasteiger partial charge in [-0.3, -0.25) is 0 Å². The zero-order valence-corrected chi connectivity index (χ0v) is 10.5. The summed E-state index contributed by atoms with van der Waals surface area (Å²) in [6.07, 6.45) is 8.36. The summed E-state index contributed by atoms with van der Waals surface area (Å²) in [6.45, 7) is 4.68. The Morgan fingerprint density at radius 2 is 2.22 bits per heavy atom. The summed E-state index contributed by atoms with van der Waals surface area (Å²) in [6, 6.07) is 1.87. The van der Waals surface area contributed by atoms with E-state index < -0.39 is 0 Å². The minimum atomic E-state index is 0.664. The number of aromatic nitrogens is 4. The summed E-state index contributed by atoms with van der Waals surface area (Å²) in [5.74, 6) is 1.52. The first-order valence-electron chi connectivity index (χ1n) is 6.15. The third-order valence-corrected chi connectivity index (χ3v) is 2.45. The highest BCUT2D eigenvalue weighted by molar-refractivity contribution is 5.39. The lowest BCUT2D eigenvalue weighted by molar-refractivity contribution is 0.660. The van der Waals surface area contributed by atoms with Crippen molar-refractivity contribution < 1.29 is 0 Å². The molecule has 0 aliphatic heterocycles. The molecule has 0 unspecified atom stereocenters. The van der Waals surface area contributed by atoms with Crippen LogP contribution in [-0.4, -0.2) is 32.6 Å². The Kier molecular flexibility index (Phi) is 4.52. The minimum absolute atomic E-state index is 0.664. The van der Waals surface area contributed by atoms with Gasteiger partial charge in [0.25, 0.3) is 0 Å². The van der Waals surface area contributed by atoms with Crippen LogP contribution >= 0.6 is 0 Å². The highest BCUT2D eigenvalue weighted by Gasteiger charge is 1.97. The highest BCUT2D eigenvalue weighted by Crippen LogP contribution is 2.05. The summed E-state index contributed by atoms with van der Waals surface area (Å²) < 4.78 is 2.06. The topological polar surface area (TPSA) is 67.7 Å². The number of anilines is 2. The molecule has 2 aromatic rings. The van der Waals surface area contributed by atoms with Crippen LogP contribution in [0.15, 0.2) is 31.0 Å². The molecule has 2 N–H and O–H groups in total. The molecule has 0 aliphatic carbocycles. The lowest BCUT2D eigenvalue weighted by atomic mass is 10.4. The number of rotatable bonds is 7. The second-order valence-corrected chi connectivity index (χ2v) is 3.88. The lowest BCUT2D eigenvalue weighted by Gasteiger charge is -2.07. The molecule has 6 nitrogen and oxygen atoms in total. The zero-order valence-electron chi connectivity index (χ0n) is 10.5. The van der Waals surface area contributed by atoms with Gasteiger partial charge in [0.1, 0.15) is 5.82 Å². The van der Waals surface area contributed by atoms with E-state index in [1.165, 1.54) is 0 Å². The molecule has 0 spiro atoms. The van der Waals surface area contributed by atoms with Gasteiger partial charge in [-0.25, -0.2) is 9.97 Å². The Morgan fingerprint density at radius 1 is 1.28 bits per heavy atom. The second kappa shape index (κ2) is 6.58. The zero-order chi connectivity index (χ0) is 12.6. The van der Waals surface area contributed by atoms with Gasteiger partial charge in [0.2, 0.25) is 5.95 Å². The Labute approximate surface area is 106 Å². The maximum absolute atomic E-state index is 4.34. The second-order valence-electron chi connectivity index (χ2n) is 3.88. The molecule has 18 heavy (non-hydrogen) atoms. The molecule has 2 aromatic heterocycles. The van der Waals surface area contributed by atoms with Gasteiger partial charge in [-0.2, -0.15) is 4.98 Å². The van der Waals surface area contributed by atoms with Crippen LogP contribution in [0.25, 0.3) is 0 Å². The molecule has 6 heteroatoms. The molecule has 0 aromatic carbocycles. The molecule has 0 saturated carbocycles. The van der Waals surface area contributed by atoms with Crippen molar-refractivity contribution in [1.82, 2.24) is 19.5 Å². The van der Waals surface area contributed by atoms with Crippen molar-refractivity contribution in [3.63, 3.8) is 0 Å². The van der Waals surface area contributed by atoms with Crippen molar-refractivity contribution in [2.24, 2.45) is 0 Å². The average Bonchev–Trinajstić information content (AvgIpc) is 2.89. The van der Waals surface area contributed by atoms with E-state index in [1.807, 2.05) is 25.5 Å². The van der Waals surface area contributed by atoms with Crippen molar-refractivity contribution in [1.29, 1.82) is 0 Å². The summed E-state index contributed by atoms with van der Waals surface area (Å²) in [7, 11) is 0. The van der Waals surface area contributed by atoms with Gasteiger partial charge in [0.15, 0.2) is 0 Å². The van der Waals surface area contributed by atoms with Gasteiger partial charge in [0, 0.05) is 38.2 Å². The Hall–Kier alpha value is -2.11. The number of nitrogens with one attached hydrogen (secondary N) is 2. The first-order chi connectivity index (χ1) is 8.88. The smallest absolute Gasteiger partial charge is 0.224 e. The van der Waals surface area contributed by atoms with Gasteiger partial charge < -0.3 is 15.2 Å². The van der Waals surface area contributed by atoms with E-state index in [4.69, 9.17) is 0 Å². The van der Waals surface area contributed by atoms with Gasteiger partial charge in [0.05, 0.1) is 6.33 Å². The van der Waals surface area contributed by atoms with Crippen molar-refractivity contribution in [2.45, 2.75) is 19.9 Å². The molecule has 0 saturated heterocycles. The molecule has 2 rings (SSSR count). The molecule has 0 atom stereocenters. The highest BCUT2D eigenvalue weighted by atomic mass is 15.1. The van der Waals surface area contributed by atoms with Crippen molar-refractivity contribution in [2.75, 3.05) is 23.7 Å². The van der Waals surface area contributed by atoms with Crippen LogP contribution in [0, 0.1) is 0 Å². The minimum Gasteiger partial charge on any atom is -0.370 e. The van der Waals surface area contributed by atoms with Crippen LogP contribution in [-0.2, 0) is 6.54 Å². The van der Waals surface area contributed by atoms with E-state index in [0.29, 0.717) is 5.95 Å². The first-order valence-corrected chi connectivity index (χ1v) is 6.15. The summed E-state index contributed by atoms with van der Waals surface area (Å²) in [4.78, 5) is 12.5. The van der Waals surface area contributed by atoms with Crippen molar-refractivity contribution >= 4 is 11.8 Å². The van der Waals surface area contributed by atoms with Gasteiger partial charge >= 0.3 is 0 Å². The van der Waals surface area contributed by atoms with E-state index in [9.17, 15) is 0 Å². The molecular weight excluding hydrogens is 228 g/mol. The molecule has 0 amide bonds. The maximum Gasteiger partial charge on any atom is 0.224 e. The predicted octanol–water partition coefficient (Wildman–Crippen LogP) is 1.61. The van der Waals surface area contributed by atoms with Crippen LogP contribution in [0.5, 0.6) is 0 Å².